The Morgan fingerprint density at radius 1 is 1.09 bits per heavy atom. The highest BCUT2D eigenvalue weighted by Crippen LogP contribution is 2.43. The van der Waals surface area contributed by atoms with E-state index in [9.17, 15) is 4.79 Å². The molecule has 1 fully saturated rings. The summed E-state index contributed by atoms with van der Waals surface area (Å²) in [6.07, 6.45) is 4.26. The van der Waals surface area contributed by atoms with Gasteiger partial charge in [0.25, 0.3) is 5.91 Å². The lowest BCUT2D eigenvalue weighted by atomic mass is 9.87. The number of amides is 1. The molecule has 2 rings (SSSR count). The second-order valence-corrected chi connectivity index (χ2v) is 6.04. The van der Waals surface area contributed by atoms with Gasteiger partial charge in [-0.2, -0.15) is 0 Å². The number of hydrogen-bond acceptors (Lipinski definition) is 5. The van der Waals surface area contributed by atoms with E-state index in [4.69, 9.17) is 19.9 Å². The molecule has 0 radical (unpaired) electrons. The van der Waals surface area contributed by atoms with Crippen molar-refractivity contribution in [1.82, 2.24) is 5.32 Å². The quantitative estimate of drug-likeness (QED) is 0.814. The standard InChI is InChI=1S/C17H26N2O4/c1-10-5-7-11(8-6-10)19-17(20)12-9-13(21-2)15(22-3)16(23-4)14(12)18/h9-11H,5-8,18H2,1-4H3,(H,19,20). The molecule has 0 spiro atoms. The smallest absolute Gasteiger partial charge is 0.253 e. The van der Waals surface area contributed by atoms with E-state index in [-0.39, 0.29) is 17.6 Å². The van der Waals surface area contributed by atoms with Gasteiger partial charge in [0.15, 0.2) is 11.5 Å². The Hall–Kier alpha value is -2.11. The third kappa shape index (κ3) is 3.63. The van der Waals surface area contributed by atoms with Gasteiger partial charge in [-0.15, -0.1) is 0 Å². The van der Waals surface area contributed by atoms with Gasteiger partial charge in [0.2, 0.25) is 5.75 Å². The lowest BCUT2D eigenvalue weighted by Crippen LogP contribution is -2.37. The highest BCUT2D eigenvalue weighted by Gasteiger charge is 2.25. The van der Waals surface area contributed by atoms with Crippen molar-refractivity contribution < 1.29 is 19.0 Å². The van der Waals surface area contributed by atoms with Crippen LogP contribution in [0.4, 0.5) is 5.69 Å². The van der Waals surface area contributed by atoms with Gasteiger partial charge in [0.1, 0.15) is 0 Å². The number of hydrogen-bond donors (Lipinski definition) is 2. The van der Waals surface area contributed by atoms with Gasteiger partial charge in [-0.05, 0) is 37.7 Å². The molecule has 23 heavy (non-hydrogen) atoms. The molecule has 1 aromatic carbocycles. The van der Waals surface area contributed by atoms with Gasteiger partial charge >= 0.3 is 0 Å². The van der Waals surface area contributed by atoms with Crippen molar-refractivity contribution in [1.29, 1.82) is 0 Å². The first-order valence-corrected chi connectivity index (χ1v) is 7.91. The molecule has 0 aromatic heterocycles. The SMILES string of the molecule is COc1cc(C(=O)NC2CCC(C)CC2)c(N)c(OC)c1OC. The van der Waals surface area contributed by atoms with Crippen molar-refractivity contribution in [2.75, 3.05) is 27.1 Å². The zero-order valence-corrected chi connectivity index (χ0v) is 14.3. The molecule has 1 aliphatic carbocycles. The third-order valence-electron chi connectivity index (χ3n) is 4.46. The minimum absolute atomic E-state index is 0.192. The largest absolute Gasteiger partial charge is 0.493 e. The molecule has 0 heterocycles. The van der Waals surface area contributed by atoms with Crippen LogP contribution in [0.2, 0.25) is 0 Å². The number of carbonyl (C=O) groups excluding carboxylic acids is 1. The normalized spacial score (nSPS) is 20.7. The maximum absolute atomic E-state index is 12.6. The van der Waals surface area contributed by atoms with Crippen molar-refractivity contribution in [2.45, 2.75) is 38.6 Å². The molecular formula is C17H26N2O4. The average Bonchev–Trinajstić information content (AvgIpc) is 2.56. The molecule has 1 amide bonds. The van der Waals surface area contributed by atoms with E-state index in [0.29, 0.717) is 22.8 Å². The van der Waals surface area contributed by atoms with Crippen LogP contribution in [0.5, 0.6) is 17.2 Å². The summed E-state index contributed by atoms with van der Waals surface area (Å²) in [5, 5.41) is 3.07. The fraction of sp³-hybridized carbons (Fsp3) is 0.588. The molecule has 128 valence electrons. The van der Waals surface area contributed by atoms with Gasteiger partial charge in [0.05, 0.1) is 32.6 Å². The predicted molar refractivity (Wildman–Crippen MR) is 89.4 cm³/mol. The molecule has 1 aliphatic rings. The number of ether oxygens (including phenoxy) is 3. The molecule has 0 aliphatic heterocycles. The van der Waals surface area contributed by atoms with Crippen LogP contribution in [0, 0.1) is 5.92 Å². The molecule has 0 atom stereocenters. The van der Waals surface area contributed by atoms with Crippen LogP contribution >= 0.6 is 0 Å². The van der Waals surface area contributed by atoms with Crippen LogP contribution in [0.15, 0.2) is 6.07 Å². The number of anilines is 1. The molecule has 0 bridgehead atoms. The Balaban J connectivity index is 2.26. The van der Waals surface area contributed by atoms with Crippen LogP contribution < -0.4 is 25.3 Å². The van der Waals surface area contributed by atoms with Crippen LogP contribution in [0.3, 0.4) is 0 Å². The summed E-state index contributed by atoms with van der Waals surface area (Å²) in [4.78, 5) is 12.6. The van der Waals surface area contributed by atoms with E-state index in [1.165, 1.54) is 21.3 Å². The number of nitrogens with one attached hydrogen (secondary N) is 1. The van der Waals surface area contributed by atoms with Gasteiger partial charge in [-0.1, -0.05) is 6.92 Å². The Morgan fingerprint density at radius 3 is 2.22 bits per heavy atom. The van der Waals surface area contributed by atoms with E-state index in [1.54, 1.807) is 6.07 Å². The Bertz CT molecular complexity index is 566. The minimum Gasteiger partial charge on any atom is -0.493 e. The van der Waals surface area contributed by atoms with Crippen molar-refractivity contribution >= 4 is 11.6 Å². The molecule has 1 aromatic rings. The highest BCUT2D eigenvalue weighted by molar-refractivity contribution is 6.02. The van der Waals surface area contributed by atoms with Crippen LogP contribution in [0.25, 0.3) is 0 Å². The zero-order valence-electron chi connectivity index (χ0n) is 14.3. The third-order valence-corrected chi connectivity index (χ3v) is 4.46. The fourth-order valence-corrected chi connectivity index (χ4v) is 3.03. The first-order valence-electron chi connectivity index (χ1n) is 7.91. The Morgan fingerprint density at radius 2 is 1.70 bits per heavy atom. The van der Waals surface area contributed by atoms with Crippen molar-refractivity contribution in [2.24, 2.45) is 5.92 Å². The molecule has 6 heteroatoms. The second-order valence-electron chi connectivity index (χ2n) is 6.04. The van der Waals surface area contributed by atoms with Crippen molar-refractivity contribution in [3.63, 3.8) is 0 Å². The lowest BCUT2D eigenvalue weighted by molar-refractivity contribution is 0.0923. The minimum atomic E-state index is -0.207. The summed E-state index contributed by atoms with van der Waals surface area (Å²) in [5.74, 6) is 1.64. The van der Waals surface area contributed by atoms with E-state index >= 15 is 0 Å². The first-order chi connectivity index (χ1) is 11.0. The van der Waals surface area contributed by atoms with Gasteiger partial charge < -0.3 is 25.3 Å². The molecule has 3 N–H and O–H groups in total. The molecule has 0 saturated heterocycles. The number of benzene rings is 1. The van der Waals surface area contributed by atoms with Gasteiger partial charge in [0, 0.05) is 6.04 Å². The van der Waals surface area contributed by atoms with E-state index in [1.807, 2.05) is 0 Å². The maximum atomic E-state index is 12.6. The van der Waals surface area contributed by atoms with Crippen molar-refractivity contribution in [3.8, 4) is 17.2 Å². The van der Waals surface area contributed by atoms with Gasteiger partial charge in [-0.3, -0.25) is 4.79 Å². The summed E-state index contributed by atoms with van der Waals surface area (Å²) < 4.78 is 15.9. The number of carbonyl (C=O) groups is 1. The summed E-state index contributed by atoms with van der Waals surface area (Å²) >= 11 is 0. The molecule has 1 saturated carbocycles. The number of nitrogen functional groups attached to an aromatic ring is 1. The summed E-state index contributed by atoms with van der Waals surface area (Å²) in [5.41, 5.74) is 6.70. The van der Waals surface area contributed by atoms with Gasteiger partial charge in [-0.25, -0.2) is 0 Å². The highest BCUT2D eigenvalue weighted by atomic mass is 16.5. The summed E-state index contributed by atoms with van der Waals surface area (Å²) in [6, 6.07) is 1.79. The van der Waals surface area contributed by atoms with Crippen molar-refractivity contribution in [3.05, 3.63) is 11.6 Å². The second kappa shape index (κ2) is 7.44. The monoisotopic (exact) mass is 322 g/mol. The predicted octanol–water partition coefficient (Wildman–Crippen LogP) is 2.60. The average molecular weight is 322 g/mol. The maximum Gasteiger partial charge on any atom is 0.253 e. The first kappa shape index (κ1) is 17.2. The van der Waals surface area contributed by atoms with E-state index < -0.39 is 0 Å². The van der Waals surface area contributed by atoms with Crippen LogP contribution in [-0.2, 0) is 0 Å². The van der Waals surface area contributed by atoms with E-state index in [2.05, 4.69) is 12.2 Å². The number of methoxy groups -OCH3 is 3. The fourth-order valence-electron chi connectivity index (χ4n) is 3.03. The molecule has 0 unspecified atom stereocenters. The van der Waals surface area contributed by atoms with Crippen LogP contribution in [-0.4, -0.2) is 33.3 Å². The van der Waals surface area contributed by atoms with E-state index in [0.717, 1.165) is 31.6 Å². The zero-order chi connectivity index (χ0) is 17.0. The molecular weight excluding hydrogens is 296 g/mol. The topological polar surface area (TPSA) is 82.8 Å². The number of rotatable bonds is 5. The van der Waals surface area contributed by atoms with Crippen LogP contribution in [0.1, 0.15) is 43.0 Å². The molecule has 6 nitrogen and oxygen atoms in total. The summed E-state index contributed by atoms with van der Waals surface area (Å²) in [6.45, 7) is 2.25. The lowest BCUT2D eigenvalue weighted by Gasteiger charge is -2.27. The number of nitrogens with two attached hydrogens (primary N) is 1. The Kier molecular flexibility index (Phi) is 5.58. The summed E-state index contributed by atoms with van der Waals surface area (Å²) in [7, 11) is 4.50. The Labute approximate surface area is 137 Å².